The van der Waals surface area contributed by atoms with E-state index in [0.29, 0.717) is 13.1 Å². The van der Waals surface area contributed by atoms with Crippen molar-refractivity contribution in [1.82, 2.24) is 9.80 Å². The smallest absolute Gasteiger partial charge is 0.410 e. The van der Waals surface area contributed by atoms with Crippen LogP contribution in [0.15, 0.2) is 0 Å². The van der Waals surface area contributed by atoms with E-state index in [9.17, 15) is 9.59 Å². The molecule has 6 heteroatoms. The Morgan fingerprint density at radius 2 is 1.86 bits per heavy atom. The molecule has 0 radical (unpaired) electrons. The molecule has 120 valence electrons. The first-order chi connectivity index (χ1) is 9.69. The van der Waals surface area contributed by atoms with Crippen LogP contribution in [0.3, 0.4) is 0 Å². The Balaban J connectivity index is 2.00. The normalized spacial score (nSPS) is 23.9. The van der Waals surface area contributed by atoms with Gasteiger partial charge in [0.15, 0.2) is 0 Å². The summed E-state index contributed by atoms with van der Waals surface area (Å²) in [5.41, 5.74) is 5.16. The number of nitrogens with zero attached hydrogens (tertiary/aromatic N) is 2. The predicted molar refractivity (Wildman–Crippen MR) is 79.7 cm³/mol. The van der Waals surface area contributed by atoms with Crippen molar-refractivity contribution in [1.29, 1.82) is 0 Å². The zero-order valence-electron chi connectivity index (χ0n) is 13.5. The van der Waals surface area contributed by atoms with Crippen LogP contribution in [0, 0.1) is 0 Å². The third-order valence-electron chi connectivity index (χ3n) is 3.80. The number of hydrogen-bond acceptors (Lipinski definition) is 4. The van der Waals surface area contributed by atoms with Crippen LogP contribution in [0.4, 0.5) is 4.79 Å². The van der Waals surface area contributed by atoms with Crippen molar-refractivity contribution in [3.8, 4) is 0 Å². The fourth-order valence-corrected chi connectivity index (χ4v) is 2.72. The van der Waals surface area contributed by atoms with E-state index in [1.165, 1.54) is 0 Å². The summed E-state index contributed by atoms with van der Waals surface area (Å²) in [6.07, 6.45) is 2.59. The molecule has 2 fully saturated rings. The molecule has 2 rings (SSSR count). The molecule has 1 heterocycles. The molecule has 1 aliphatic carbocycles. The molecule has 6 nitrogen and oxygen atoms in total. The van der Waals surface area contributed by atoms with Crippen LogP contribution >= 0.6 is 0 Å². The van der Waals surface area contributed by atoms with Crippen molar-refractivity contribution in [3.63, 3.8) is 0 Å². The largest absolute Gasteiger partial charge is 0.444 e. The van der Waals surface area contributed by atoms with E-state index in [2.05, 4.69) is 0 Å². The number of ether oxygens (including phenoxy) is 1. The topological polar surface area (TPSA) is 75.9 Å². The van der Waals surface area contributed by atoms with Crippen LogP contribution in [0.2, 0.25) is 0 Å². The summed E-state index contributed by atoms with van der Waals surface area (Å²) < 4.78 is 5.52. The van der Waals surface area contributed by atoms with E-state index in [1.807, 2.05) is 25.7 Å². The van der Waals surface area contributed by atoms with Crippen LogP contribution in [0.1, 0.15) is 47.0 Å². The van der Waals surface area contributed by atoms with Crippen LogP contribution in [-0.4, -0.2) is 58.6 Å². The molecule has 2 atom stereocenters. The Bertz CT molecular complexity index is 413. The van der Waals surface area contributed by atoms with E-state index in [-0.39, 0.29) is 24.1 Å². The van der Waals surface area contributed by atoms with E-state index in [0.717, 1.165) is 19.3 Å². The third-order valence-corrected chi connectivity index (χ3v) is 3.80. The van der Waals surface area contributed by atoms with Crippen molar-refractivity contribution >= 4 is 12.0 Å². The highest BCUT2D eigenvalue weighted by molar-refractivity contribution is 5.81. The van der Waals surface area contributed by atoms with E-state index in [1.54, 1.807) is 11.8 Å². The summed E-state index contributed by atoms with van der Waals surface area (Å²) >= 11 is 0. The molecule has 0 aromatic heterocycles. The molecule has 2 aliphatic rings. The average Bonchev–Trinajstić information content (AvgIpc) is 3.03. The van der Waals surface area contributed by atoms with E-state index in [4.69, 9.17) is 10.5 Å². The van der Waals surface area contributed by atoms with Gasteiger partial charge in [0, 0.05) is 19.1 Å². The minimum Gasteiger partial charge on any atom is -0.444 e. The Labute approximate surface area is 126 Å². The lowest BCUT2D eigenvalue weighted by molar-refractivity contribution is -0.131. The standard InChI is InChI=1S/C15H27N3O3/c1-10(16)13(19)17-8-7-12(9-17)18(11-5-6-11)14(20)21-15(2,3)4/h10-12H,5-9,16H2,1-4H3. The maximum absolute atomic E-state index is 12.4. The van der Waals surface area contributed by atoms with E-state index >= 15 is 0 Å². The molecule has 0 bridgehead atoms. The minimum atomic E-state index is -0.496. The molecule has 2 amide bonds. The lowest BCUT2D eigenvalue weighted by atomic mass is 10.2. The average molecular weight is 297 g/mol. The second-order valence-corrected chi connectivity index (χ2v) is 7.13. The van der Waals surface area contributed by atoms with Gasteiger partial charge in [-0.25, -0.2) is 4.79 Å². The highest BCUT2D eigenvalue weighted by Crippen LogP contribution is 2.33. The highest BCUT2D eigenvalue weighted by atomic mass is 16.6. The summed E-state index contributed by atoms with van der Waals surface area (Å²) in [5, 5.41) is 0. The predicted octanol–water partition coefficient (Wildman–Crippen LogP) is 1.33. The van der Waals surface area contributed by atoms with Crippen molar-refractivity contribution in [3.05, 3.63) is 0 Å². The molecule has 2 N–H and O–H groups in total. The van der Waals surface area contributed by atoms with Crippen molar-refractivity contribution in [2.24, 2.45) is 5.73 Å². The fraction of sp³-hybridized carbons (Fsp3) is 0.867. The molecular weight excluding hydrogens is 270 g/mol. The number of rotatable bonds is 3. The van der Waals surface area contributed by atoms with Crippen LogP contribution in [0.5, 0.6) is 0 Å². The molecule has 1 saturated carbocycles. The zero-order valence-corrected chi connectivity index (χ0v) is 13.5. The maximum atomic E-state index is 12.4. The number of carbonyl (C=O) groups excluding carboxylic acids is 2. The molecule has 1 aliphatic heterocycles. The van der Waals surface area contributed by atoms with Gasteiger partial charge in [-0.05, 0) is 47.0 Å². The first kappa shape index (κ1) is 16.1. The molecule has 1 saturated heterocycles. The highest BCUT2D eigenvalue weighted by Gasteiger charge is 2.42. The molecule has 21 heavy (non-hydrogen) atoms. The number of likely N-dealkylation sites (tertiary alicyclic amines) is 1. The summed E-state index contributed by atoms with van der Waals surface area (Å²) in [6, 6.07) is -0.162. The molecular formula is C15H27N3O3. The third kappa shape index (κ3) is 4.09. The molecule has 0 aromatic rings. The molecule has 2 unspecified atom stereocenters. The SMILES string of the molecule is CC(N)C(=O)N1CCC(N(C(=O)OC(C)(C)C)C2CC2)C1. The van der Waals surface area contributed by atoms with Crippen LogP contribution < -0.4 is 5.73 Å². The van der Waals surface area contributed by atoms with E-state index < -0.39 is 11.6 Å². The van der Waals surface area contributed by atoms with Crippen molar-refractivity contribution < 1.29 is 14.3 Å². The van der Waals surface area contributed by atoms with Crippen LogP contribution in [-0.2, 0) is 9.53 Å². The van der Waals surface area contributed by atoms with Crippen LogP contribution in [0.25, 0.3) is 0 Å². The summed E-state index contributed by atoms with van der Waals surface area (Å²) in [6.45, 7) is 8.54. The van der Waals surface area contributed by atoms with Gasteiger partial charge in [0.05, 0.1) is 12.1 Å². The van der Waals surface area contributed by atoms with Gasteiger partial charge in [0.25, 0.3) is 0 Å². The maximum Gasteiger partial charge on any atom is 0.410 e. The van der Waals surface area contributed by atoms with Gasteiger partial charge in [-0.3, -0.25) is 4.79 Å². The Morgan fingerprint density at radius 3 is 2.33 bits per heavy atom. The minimum absolute atomic E-state index is 0.0440. The lowest BCUT2D eigenvalue weighted by Crippen LogP contribution is -2.47. The van der Waals surface area contributed by atoms with Gasteiger partial charge in [-0.15, -0.1) is 0 Å². The second-order valence-electron chi connectivity index (χ2n) is 7.13. The quantitative estimate of drug-likeness (QED) is 0.853. The number of amides is 2. The summed E-state index contributed by atoms with van der Waals surface area (Å²) in [5.74, 6) is -0.0440. The fourth-order valence-electron chi connectivity index (χ4n) is 2.72. The zero-order chi connectivity index (χ0) is 15.8. The van der Waals surface area contributed by atoms with Gasteiger partial charge in [-0.2, -0.15) is 0 Å². The number of nitrogens with two attached hydrogens (primary N) is 1. The summed E-state index contributed by atoms with van der Waals surface area (Å²) in [4.78, 5) is 28.0. The second kappa shape index (κ2) is 5.83. The van der Waals surface area contributed by atoms with Crippen molar-refractivity contribution in [2.75, 3.05) is 13.1 Å². The lowest BCUT2D eigenvalue weighted by Gasteiger charge is -2.31. The monoisotopic (exact) mass is 297 g/mol. The molecule has 0 spiro atoms. The first-order valence-corrected chi connectivity index (χ1v) is 7.74. The number of hydrogen-bond donors (Lipinski definition) is 1. The Hall–Kier alpha value is -1.30. The van der Waals surface area contributed by atoms with Gasteiger partial charge in [0.1, 0.15) is 5.60 Å². The van der Waals surface area contributed by atoms with Gasteiger partial charge >= 0.3 is 6.09 Å². The van der Waals surface area contributed by atoms with Gasteiger partial charge in [-0.1, -0.05) is 0 Å². The Kier molecular flexibility index (Phi) is 4.46. The summed E-state index contributed by atoms with van der Waals surface area (Å²) in [7, 11) is 0. The van der Waals surface area contributed by atoms with Gasteiger partial charge < -0.3 is 20.3 Å². The Morgan fingerprint density at radius 1 is 1.24 bits per heavy atom. The first-order valence-electron chi connectivity index (χ1n) is 7.74. The molecule has 0 aromatic carbocycles. The van der Waals surface area contributed by atoms with Gasteiger partial charge in [0.2, 0.25) is 5.91 Å². The number of carbonyl (C=O) groups is 2. The van der Waals surface area contributed by atoms with Crippen molar-refractivity contribution in [2.45, 2.75) is 70.7 Å².